The zero-order chi connectivity index (χ0) is 20.6. The fourth-order valence-electron chi connectivity index (χ4n) is 2.71. The number of pyridine rings is 1. The Balaban J connectivity index is 1.99. The Labute approximate surface area is 168 Å². The first-order valence-electron chi connectivity index (χ1n) is 8.35. The number of carbonyl (C=O) groups excluding carboxylic acids is 1. The van der Waals surface area contributed by atoms with Crippen molar-refractivity contribution in [2.75, 3.05) is 5.32 Å². The highest BCUT2D eigenvalue weighted by molar-refractivity contribution is 9.10. The van der Waals surface area contributed by atoms with Gasteiger partial charge in [0.1, 0.15) is 23.2 Å². The van der Waals surface area contributed by atoms with Crippen LogP contribution in [0.25, 0.3) is 11.0 Å². The van der Waals surface area contributed by atoms with Gasteiger partial charge in [0.05, 0.1) is 11.3 Å². The van der Waals surface area contributed by atoms with Crippen molar-refractivity contribution in [2.24, 2.45) is 0 Å². The molecule has 0 radical (unpaired) electrons. The van der Waals surface area contributed by atoms with Crippen LogP contribution in [0.3, 0.4) is 0 Å². The Hall–Kier alpha value is -2.52. The van der Waals surface area contributed by atoms with Crippen molar-refractivity contribution in [3.05, 3.63) is 57.8 Å². The van der Waals surface area contributed by atoms with Crippen molar-refractivity contribution in [1.82, 2.24) is 9.97 Å². The molecule has 3 N–H and O–H groups in total. The first-order chi connectivity index (χ1) is 13.1. The summed E-state index contributed by atoms with van der Waals surface area (Å²) in [4.78, 5) is 18.9. The molecule has 1 amide bonds. The van der Waals surface area contributed by atoms with Crippen LogP contribution in [0, 0.1) is 11.6 Å². The topological polar surface area (TPSA) is 87.2 Å². The van der Waals surface area contributed by atoms with Crippen molar-refractivity contribution in [1.29, 1.82) is 0 Å². The zero-order valence-corrected chi connectivity index (χ0v) is 16.9. The lowest BCUT2D eigenvalue weighted by Crippen LogP contribution is -2.27. The smallest absolute Gasteiger partial charge is 0.412 e. The molecule has 0 aliphatic carbocycles. The number of carbonyl (C=O) groups is 1. The third kappa shape index (κ3) is 4.15. The maximum atomic E-state index is 14.9. The molecule has 6 nitrogen and oxygen atoms in total. The van der Waals surface area contributed by atoms with Crippen LogP contribution in [-0.2, 0) is 4.74 Å². The molecule has 2 aromatic heterocycles. The number of amides is 1. The fraction of sp³-hybridized carbons (Fsp3) is 0.263. The summed E-state index contributed by atoms with van der Waals surface area (Å²) in [7, 11) is 0. The molecule has 3 rings (SSSR count). The number of nitrogens with one attached hydrogen (secondary N) is 2. The molecule has 1 unspecified atom stereocenters. The number of anilines is 1. The molecule has 1 aromatic carbocycles. The van der Waals surface area contributed by atoms with Crippen molar-refractivity contribution in [2.45, 2.75) is 32.5 Å². The monoisotopic (exact) mass is 453 g/mol. The van der Waals surface area contributed by atoms with Gasteiger partial charge in [-0.25, -0.2) is 18.6 Å². The number of aromatic amines is 1. The first-order valence-corrected chi connectivity index (χ1v) is 9.14. The Morgan fingerprint density at radius 1 is 1.36 bits per heavy atom. The van der Waals surface area contributed by atoms with E-state index in [2.05, 4.69) is 31.2 Å². The van der Waals surface area contributed by atoms with Crippen molar-refractivity contribution in [3.8, 4) is 0 Å². The van der Waals surface area contributed by atoms with Crippen LogP contribution in [-0.4, -0.2) is 26.8 Å². The molecule has 0 saturated carbocycles. The number of aromatic nitrogens is 2. The molecule has 0 fully saturated rings. The number of aliphatic hydroxyl groups excluding tert-OH is 1. The Morgan fingerprint density at radius 3 is 2.75 bits per heavy atom. The zero-order valence-electron chi connectivity index (χ0n) is 15.3. The molecule has 0 aliphatic heterocycles. The molecule has 9 heteroatoms. The van der Waals surface area contributed by atoms with Gasteiger partial charge in [0, 0.05) is 27.8 Å². The van der Waals surface area contributed by atoms with Crippen LogP contribution in [0.4, 0.5) is 19.3 Å². The van der Waals surface area contributed by atoms with Gasteiger partial charge in [-0.3, -0.25) is 5.32 Å². The fourth-order valence-corrected chi connectivity index (χ4v) is 3.04. The maximum Gasteiger partial charge on any atom is 0.412 e. The van der Waals surface area contributed by atoms with Crippen LogP contribution in [0.2, 0.25) is 0 Å². The van der Waals surface area contributed by atoms with E-state index in [1.807, 2.05) is 0 Å². The number of benzene rings is 1. The highest BCUT2D eigenvalue weighted by atomic mass is 79.9. The summed E-state index contributed by atoms with van der Waals surface area (Å²) >= 11 is 3.28. The third-order valence-corrected chi connectivity index (χ3v) is 4.29. The SMILES string of the molecule is CC(C)(C)OC(=O)Nc1ccc(F)c(C(O)c2c[nH]c3ncc(Br)cc23)c1F. The van der Waals surface area contributed by atoms with Gasteiger partial charge in [-0.05, 0) is 54.9 Å². The van der Waals surface area contributed by atoms with Gasteiger partial charge in [0.15, 0.2) is 5.82 Å². The van der Waals surface area contributed by atoms with Crippen molar-refractivity contribution in [3.63, 3.8) is 0 Å². The molecular formula is C19H18BrF2N3O3. The number of aliphatic hydroxyl groups is 1. The molecular weight excluding hydrogens is 436 g/mol. The van der Waals surface area contributed by atoms with E-state index in [0.29, 0.717) is 15.5 Å². The van der Waals surface area contributed by atoms with Crippen LogP contribution in [0.5, 0.6) is 0 Å². The molecule has 3 aromatic rings. The summed E-state index contributed by atoms with van der Waals surface area (Å²) in [5, 5.41) is 13.4. The van der Waals surface area contributed by atoms with Gasteiger partial charge in [-0.1, -0.05) is 0 Å². The molecule has 148 valence electrons. The number of halogens is 3. The minimum atomic E-state index is -1.62. The van der Waals surface area contributed by atoms with E-state index in [9.17, 15) is 18.7 Å². The lowest BCUT2D eigenvalue weighted by Gasteiger charge is -2.20. The number of rotatable bonds is 3. The van der Waals surface area contributed by atoms with Gasteiger partial charge in [0.25, 0.3) is 0 Å². The van der Waals surface area contributed by atoms with Crippen LogP contribution >= 0.6 is 15.9 Å². The molecule has 0 saturated heterocycles. The molecule has 0 spiro atoms. The minimum absolute atomic E-state index is 0.246. The molecule has 1 atom stereocenters. The second-order valence-corrected chi connectivity index (χ2v) is 8.06. The lowest BCUT2D eigenvalue weighted by molar-refractivity contribution is 0.0635. The van der Waals surface area contributed by atoms with Gasteiger partial charge in [-0.2, -0.15) is 0 Å². The second kappa shape index (κ2) is 7.48. The predicted molar refractivity (Wildman–Crippen MR) is 104 cm³/mol. The summed E-state index contributed by atoms with van der Waals surface area (Å²) in [5.74, 6) is -2.03. The highest BCUT2D eigenvalue weighted by Gasteiger charge is 2.26. The number of nitrogens with zero attached hydrogens (tertiary/aromatic N) is 1. The van der Waals surface area contributed by atoms with Crippen LogP contribution < -0.4 is 5.32 Å². The van der Waals surface area contributed by atoms with Crippen molar-refractivity contribution < 1.29 is 23.4 Å². The van der Waals surface area contributed by atoms with Gasteiger partial charge in [0.2, 0.25) is 0 Å². The van der Waals surface area contributed by atoms with E-state index in [0.717, 1.165) is 12.1 Å². The Morgan fingerprint density at radius 2 is 2.07 bits per heavy atom. The standard InChI is InChI=1S/C19H18BrF2N3O3/c1-19(2,3)28-18(27)25-13-5-4-12(21)14(15(13)22)16(26)11-8-24-17-10(11)6-9(20)7-23-17/h4-8,16,26H,1-3H3,(H,23,24)(H,25,27). The van der Waals surface area contributed by atoms with E-state index in [-0.39, 0.29) is 11.3 Å². The normalized spacial score (nSPS) is 12.8. The van der Waals surface area contributed by atoms with E-state index in [1.165, 1.54) is 6.20 Å². The first kappa shape index (κ1) is 20.2. The highest BCUT2D eigenvalue weighted by Crippen LogP contribution is 2.34. The Kier molecular flexibility index (Phi) is 5.40. The quantitative estimate of drug-likeness (QED) is 0.518. The van der Waals surface area contributed by atoms with Gasteiger partial charge < -0.3 is 14.8 Å². The number of H-pyrrole nitrogens is 1. The average Bonchev–Trinajstić information content (AvgIpc) is 2.98. The third-order valence-electron chi connectivity index (χ3n) is 3.86. The van der Waals surface area contributed by atoms with E-state index < -0.39 is 35.0 Å². The number of hydrogen-bond donors (Lipinski definition) is 3. The second-order valence-electron chi connectivity index (χ2n) is 7.15. The summed E-state index contributed by atoms with van der Waals surface area (Å²) < 4.78 is 35.1. The Bertz CT molecular complexity index is 1050. The van der Waals surface area contributed by atoms with E-state index in [4.69, 9.17) is 4.74 Å². The molecule has 0 bridgehead atoms. The van der Waals surface area contributed by atoms with Crippen molar-refractivity contribution >= 4 is 38.7 Å². The minimum Gasteiger partial charge on any atom is -0.444 e. The summed E-state index contributed by atoms with van der Waals surface area (Å²) in [6.45, 7) is 4.98. The maximum absolute atomic E-state index is 14.9. The average molecular weight is 454 g/mol. The largest absolute Gasteiger partial charge is 0.444 e. The lowest BCUT2D eigenvalue weighted by atomic mass is 10.00. The van der Waals surface area contributed by atoms with Gasteiger partial charge >= 0.3 is 6.09 Å². The molecule has 2 heterocycles. The summed E-state index contributed by atoms with van der Waals surface area (Å²) in [6.07, 6.45) is 0.479. The van der Waals surface area contributed by atoms with Gasteiger partial charge in [-0.15, -0.1) is 0 Å². The predicted octanol–water partition coefficient (Wildman–Crippen LogP) is 5.03. The summed E-state index contributed by atoms with van der Waals surface area (Å²) in [6, 6.07) is 3.71. The van der Waals surface area contributed by atoms with E-state index in [1.54, 1.807) is 33.0 Å². The number of hydrogen-bond acceptors (Lipinski definition) is 4. The number of ether oxygens (including phenoxy) is 1. The summed E-state index contributed by atoms with van der Waals surface area (Å²) in [5.41, 5.74) is -0.969. The van der Waals surface area contributed by atoms with E-state index >= 15 is 0 Å². The molecule has 28 heavy (non-hydrogen) atoms. The molecule has 0 aliphatic rings. The number of fused-ring (bicyclic) bond motifs is 1. The van der Waals surface area contributed by atoms with Crippen LogP contribution in [0.1, 0.15) is 38.0 Å². The van der Waals surface area contributed by atoms with Crippen LogP contribution in [0.15, 0.2) is 35.1 Å².